The fourth-order valence-corrected chi connectivity index (χ4v) is 8.43. The van der Waals surface area contributed by atoms with E-state index in [2.05, 4.69) is 10.6 Å². The number of allylic oxidation sites excluding steroid dienone is 1. The molecule has 3 heterocycles. The van der Waals surface area contributed by atoms with Crippen LogP contribution in [0.2, 0.25) is 0 Å². The molecule has 4 aliphatic rings. The summed E-state index contributed by atoms with van der Waals surface area (Å²) >= 11 is 0. The van der Waals surface area contributed by atoms with Crippen LogP contribution in [0, 0.1) is 5.41 Å². The first-order valence-electron chi connectivity index (χ1n) is 18.6. The minimum Gasteiger partial charge on any atom is -0.508 e. The van der Waals surface area contributed by atoms with Gasteiger partial charge in [-0.2, -0.15) is 5.06 Å². The van der Waals surface area contributed by atoms with E-state index in [1.165, 1.54) is 0 Å². The lowest BCUT2D eigenvalue weighted by molar-refractivity contribution is -0.213. The largest absolute Gasteiger partial charge is 0.508 e. The molecule has 6 atom stereocenters. The van der Waals surface area contributed by atoms with Gasteiger partial charge in [-0.3, -0.25) is 19.2 Å². The number of carbonyl (C=O) groups excluding carboxylic acids is 3. The van der Waals surface area contributed by atoms with Crippen LogP contribution in [0.15, 0.2) is 115 Å². The molecule has 4 fully saturated rings. The molecule has 0 radical (unpaired) electrons. The minimum absolute atomic E-state index is 0.00498. The van der Waals surface area contributed by atoms with Crippen LogP contribution in [0.5, 0.6) is 5.75 Å². The van der Waals surface area contributed by atoms with Crippen molar-refractivity contribution in [2.75, 3.05) is 19.7 Å². The van der Waals surface area contributed by atoms with Crippen LogP contribution in [0.4, 0.5) is 0 Å². The fraction of sp³-hybridized carbons (Fsp3) is 0.326. The molecule has 6 unspecified atom stereocenters. The third kappa shape index (κ3) is 6.70. The minimum atomic E-state index is -1.45. The van der Waals surface area contributed by atoms with Gasteiger partial charge in [-0.1, -0.05) is 115 Å². The highest BCUT2D eigenvalue weighted by molar-refractivity contribution is 5.94. The summed E-state index contributed by atoms with van der Waals surface area (Å²) in [7, 11) is 0. The Morgan fingerprint density at radius 3 is 2.18 bits per heavy atom. The second kappa shape index (κ2) is 15.4. The van der Waals surface area contributed by atoms with Crippen molar-refractivity contribution >= 4 is 23.9 Å². The molecule has 0 spiro atoms. The van der Waals surface area contributed by atoms with Crippen LogP contribution in [-0.4, -0.2) is 83.2 Å². The van der Waals surface area contributed by atoms with Crippen molar-refractivity contribution in [3.63, 3.8) is 0 Å². The van der Waals surface area contributed by atoms with E-state index in [0.29, 0.717) is 6.42 Å². The monoisotopic (exact) mass is 745 g/mol. The topological polar surface area (TPSA) is 156 Å². The molecule has 4 N–H and O–H groups in total. The summed E-state index contributed by atoms with van der Waals surface area (Å²) in [6.07, 6.45) is 1.11. The number of ether oxygens (including phenoxy) is 3. The summed E-state index contributed by atoms with van der Waals surface area (Å²) in [6.45, 7) is 0.0465. The molecule has 1 saturated carbocycles. The van der Waals surface area contributed by atoms with Gasteiger partial charge in [0.05, 0.1) is 13.2 Å². The van der Waals surface area contributed by atoms with Crippen molar-refractivity contribution in [1.82, 2.24) is 15.7 Å². The maximum absolute atomic E-state index is 14.7. The molecule has 2 bridgehead atoms. The number of benzene rings is 4. The van der Waals surface area contributed by atoms with Gasteiger partial charge in [-0.25, -0.2) is 0 Å². The van der Waals surface area contributed by atoms with Gasteiger partial charge in [0.2, 0.25) is 17.6 Å². The Hall–Kier alpha value is -5.37. The quantitative estimate of drug-likeness (QED) is 0.149. The smallest absolute Gasteiger partial charge is 0.327 e. The first-order valence-corrected chi connectivity index (χ1v) is 18.6. The van der Waals surface area contributed by atoms with Gasteiger partial charge in [-0.05, 0) is 29.2 Å². The van der Waals surface area contributed by atoms with Crippen LogP contribution in [0.25, 0.3) is 6.08 Å². The number of esters is 1. The van der Waals surface area contributed by atoms with Crippen LogP contribution in [0.3, 0.4) is 0 Å². The summed E-state index contributed by atoms with van der Waals surface area (Å²) in [6, 6.07) is 32.8. The molecular weight excluding hydrogens is 702 g/mol. The number of phenolic OH excluding ortho intramolecular Hbond substituents is 1. The number of hydrogen-bond acceptors (Lipinski definition) is 10. The van der Waals surface area contributed by atoms with E-state index in [-0.39, 0.29) is 50.7 Å². The zero-order valence-electron chi connectivity index (χ0n) is 30.1. The Kier molecular flexibility index (Phi) is 10.2. The molecule has 3 aliphatic heterocycles. The maximum Gasteiger partial charge on any atom is 0.327 e. The molecule has 284 valence electrons. The van der Waals surface area contributed by atoms with E-state index in [9.17, 15) is 19.5 Å². The first kappa shape index (κ1) is 36.6. The zero-order valence-corrected chi connectivity index (χ0v) is 30.1. The zero-order chi connectivity index (χ0) is 38.0. The molecule has 12 nitrogen and oxygen atoms in total. The average molecular weight is 746 g/mol. The molecule has 3 saturated heterocycles. The van der Waals surface area contributed by atoms with Crippen molar-refractivity contribution in [2.45, 2.75) is 62.1 Å². The van der Waals surface area contributed by atoms with Crippen molar-refractivity contribution in [3.8, 4) is 5.75 Å². The summed E-state index contributed by atoms with van der Waals surface area (Å²) < 4.78 is 20.1. The van der Waals surface area contributed by atoms with E-state index in [1.54, 1.807) is 17.2 Å². The summed E-state index contributed by atoms with van der Waals surface area (Å²) in [5.41, 5.74) is 2.52. The number of hydrogen-bond donors (Lipinski definition) is 4. The number of nitrogens with one attached hydrogen (secondary N) is 2. The first-order chi connectivity index (χ1) is 26.8. The van der Waals surface area contributed by atoms with Crippen molar-refractivity contribution in [3.05, 3.63) is 143 Å². The van der Waals surface area contributed by atoms with Gasteiger partial charge in [0.25, 0.3) is 0 Å². The number of amides is 2. The second-order valence-electron chi connectivity index (χ2n) is 14.3. The Labute approximate surface area is 318 Å². The highest BCUT2D eigenvalue weighted by atomic mass is 16.8. The van der Waals surface area contributed by atoms with Gasteiger partial charge in [0.15, 0.2) is 6.04 Å². The van der Waals surface area contributed by atoms with Crippen molar-refractivity contribution < 1.29 is 43.6 Å². The molecule has 4 aromatic rings. The average Bonchev–Trinajstić information content (AvgIpc) is 3.79. The predicted molar refractivity (Wildman–Crippen MR) is 200 cm³/mol. The summed E-state index contributed by atoms with van der Waals surface area (Å²) in [5.74, 6) is -2.55. The van der Waals surface area contributed by atoms with Crippen LogP contribution in [0.1, 0.15) is 40.7 Å². The number of carbonyl (C=O) groups is 3. The molecule has 0 aromatic heterocycles. The van der Waals surface area contributed by atoms with E-state index >= 15 is 0 Å². The molecule has 2 amide bonds. The number of fused-ring (bicyclic) bond motifs is 4. The number of aromatic hydroxyl groups is 1. The fourth-order valence-electron chi connectivity index (χ4n) is 8.43. The Bertz CT molecular complexity index is 2020. The molecule has 4 aromatic carbocycles. The normalized spacial score (nSPS) is 26.3. The number of nitrogens with zero attached hydrogens (tertiary/aromatic N) is 1. The van der Waals surface area contributed by atoms with E-state index in [4.69, 9.17) is 24.2 Å². The predicted octanol–water partition coefficient (Wildman–Crippen LogP) is 3.75. The van der Waals surface area contributed by atoms with Gasteiger partial charge < -0.3 is 35.1 Å². The highest BCUT2D eigenvalue weighted by Gasteiger charge is 2.76. The van der Waals surface area contributed by atoms with Gasteiger partial charge in [0.1, 0.15) is 35.6 Å². The highest BCUT2D eigenvalue weighted by Crippen LogP contribution is 2.59. The third-order valence-electron chi connectivity index (χ3n) is 11.0. The van der Waals surface area contributed by atoms with E-state index in [0.717, 1.165) is 27.8 Å². The van der Waals surface area contributed by atoms with Gasteiger partial charge >= 0.3 is 5.97 Å². The van der Waals surface area contributed by atoms with Gasteiger partial charge in [-0.15, -0.1) is 0 Å². The third-order valence-corrected chi connectivity index (χ3v) is 11.0. The lowest BCUT2D eigenvalue weighted by atomic mass is 9.62. The number of para-hydroxylation sites is 1. The number of aliphatic hydroxyl groups excluding tert-OH is 1. The Morgan fingerprint density at radius 2 is 1.47 bits per heavy atom. The second-order valence-corrected chi connectivity index (χ2v) is 14.3. The van der Waals surface area contributed by atoms with E-state index in [1.807, 2.05) is 109 Å². The summed E-state index contributed by atoms with van der Waals surface area (Å²) in [4.78, 5) is 48.1. The number of aliphatic hydroxyl groups is 1. The van der Waals surface area contributed by atoms with Crippen LogP contribution < -0.4 is 10.6 Å². The van der Waals surface area contributed by atoms with E-state index < -0.39 is 53.5 Å². The molecule has 12 heteroatoms. The molecular formula is C43H43N3O9. The van der Waals surface area contributed by atoms with Crippen LogP contribution in [-0.2, 0) is 52.2 Å². The van der Waals surface area contributed by atoms with Gasteiger partial charge in [0, 0.05) is 37.1 Å². The van der Waals surface area contributed by atoms with Crippen molar-refractivity contribution in [1.29, 1.82) is 0 Å². The SMILES string of the molecule is O=C(CCNC(=O)C12CC3OC(=O)C1N(Cc1ccccc1C=CCc1ccccc1O)OC2C1OC(c2ccccc2)(c2ccccc2)OC31)NCCO. The number of rotatable bonds is 13. The standard InChI is InChI=1S/C43H43N3O9/c47-25-24-44-35(49)22-23-45-41(51)42-26-34-36-37(54-43(53-36,31-17-3-1-4-18-31)32-19-5-2-6-20-32)39(42)55-46(38(42)40(50)52-34)27-30-14-8-7-12-28(30)15-11-16-29-13-9-10-21-33(29)48/h1-15,17-21,34,36-39,47-48H,16,22-27H2,(H,44,49)(H,45,51). The Morgan fingerprint density at radius 1 is 0.818 bits per heavy atom. The molecule has 1 aliphatic carbocycles. The van der Waals surface area contributed by atoms with Crippen molar-refractivity contribution in [2.24, 2.45) is 5.41 Å². The van der Waals surface area contributed by atoms with Crippen LogP contribution >= 0.6 is 0 Å². The lowest BCUT2D eigenvalue weighted by Gasteiger charge is -2.48. The lowest BCUT2D eigenvalue weighted by Crippen LogP contribution is -2.69. The summed E-state index contributed by atoms with van der Waals surface area (Å²) in [5, 5.41) is 26.5. The molecule has 55 heavy (non-hydrogen) atoms. The number of hydroxylamine groups is 2. The Balaban J connectivity index is 1.14. The molecule has 8 rings (SSSR count). The maximum atomic E-state index is 14.7. The number of phenols is 1.